The van der Waals surface area contributed by atoms with Crippen molar-refractivity contribution in [3.05, 3.63) is 167 Å². The minimum atomic E-state index is -0.910. The van der Waals surface area contributed by atoms with Gasteiger partial charge in [-0.05, 0) is 92.3 Å². The molecule has 0 aliphatic heterocycles. The molecular formula is C49H55N3O5. The van der Waals surface area contributed by atoms with Gasteiger partial charge in [-0.25, -0.2) is 4.79 Å². The Hall–Kier alpha value is -5.73. The van der Waals surface area contributed by atoms with Crippen LogP contribution in [-0.2, 0) is 24.6 Å². The summed E-state index contributed by atoms with van der Waals surface area (Å²) in [5.41, 5.74) is 6.00. The monoisotopic (exact) mass is 765 g/mol. The van der Waals surface area contributed by atoms with Crippen LogP contribution in [0.25, 0.3) is 11.1 Å². The molecule has 2 unspecified atom stereocenters. The number of hydrogen-bond acceptors (Lipinski definition) is 6. The van der Waals surface area contributed by atoms with Crippen molar-refractivity contribution in [3.8, 4) is 11.1 Å². The normalized spacial score (nSPS) is 13.5. The molecule has 0 bridgehead atoms. The van der Waals surface area contributed by atoms with Gasteiger partial charge in [0.2, 0.25) is 5.91 Å². The summed E-state index contributed by atoms with van der Waals surface area (Å²) in [7, 11) is 0. The number of benzene rings is 5. The van der Waals surface area contributed by atoms with Gasteiger partial charge in [0.05, 0.1) is 5.54 Å². The van der Waals surface area contributed by atoms with Gasteiger partial charge in [0.25, 0.3) is 0 Å². The number of amides is 2. The second-order valence-electron chi connectivity index (χ2n) is 15.8. The summed E-state index contributed by atoms with van der Waals surface area (Å²) in [6.07, 6.45) is 2.23. The van der Waals surface area contributed by atoms with E-state index in [2.05, 4.69) is 76.6 Å². The first-order valence-electron chi connectivity index (χ1n) is 20.1. The van der Waals surface area contributed by atoms with Crippen LogP contribution < -0.4 is 16.0 Å². The average Bonchev–Trinajstić information content (AvgIpc) is 3.54. The van der Waals surface area contributed by atoms with Gasteiger partial charge in [-0.15, -0.1) is 0 Å². The maximum Gasteiger partial charge on any atom is 0.407 e. The van der Waals surface area contributed by atoms with Crippen LogP contribution in [-0.4, -0.2) is 48.8 Å². The molecule has 0 aromatic heterocycles. The van der Waals surface area contributed by atoms with Crippen molar-refractivity contribution in [2.24, 2.45) is 0 Å². The third-order valence-electron chi connectivity index (χ3n) is 10.5. The number of carbonyl (C=O) groups excluding carboxylic acids is 3. The standard InChI is InChI=1S/C49H55N3O5/c1-35(51-47(55)56-34-43-41-29-16-14-27-39(41)40-28-15-17-30-42(40)43)20-18-19-33-50-45(53)32-31-44(46(54)57-48(2,3)4)52-49(36-21-8-5-9-22-36,37-23-10-6-11-24-37)38-25-12-7-13-26-38/h5-17,21-30,35,43-44,52H,18-20,31-34H2,1-4H3,(H,50,53)(H,51,55). The molecule has 1 aliphatic rings. The minimum absolute atomic E-state index is 0.0106. The van der Waals surface area contributed by atoms with Crippen molar-refractivity contribution in [1.82, 2.24) is 16.0 Å². The van der Waals surface area contributed by atoms with E-state index in [0.717, 1.165) is 36.0 Å². The Balaban J connectivity index is 1.01. The Bertz CT molecular complexity index is 1940. The molecule has 0 fully saturated rings. The third kappa shape index (κ3) is 10.4. The molecular weight excluding hydrogens is 711 g/mol. The number of hydrogen-bond donors (Lipinski definition) is 3. The quantitative estimate of drug-likeness (QED) is 0.0495. The molecule has 0 saturated carbocycles. The van der Waals surface area contributed by atoms with Crippen LogP contribution in [0.15, 0.2) is 140 Å². The van der Waals surface area contributed by atoms with E-state index in [4.69, 9.17) is 9.47 Å². The lowest BCUT2D eigenvalue weighted by Crippen LogP contribution is -2.54. The van der Waals surface area contributed by atoms with Crippen LogP contribution in [0.5, 0.6) is 0 Å². The number of unbranched alkanes of at least 4 members (excludes halogenated alkanes) is 1. The molecule has 5 aromatic rings. The Kier molecular flexibility index (Phi) is 13.6. The molecule has 3 N–H and O–H groups in total. The lowest BCUT2D eigenvalue weighted by Gasteiger charge is -2.40. The van der Waals surface area contributed by atoms with Crippen molar-refractivity contribution in [2.75, 3.05) is 13.2 Å². The van der Waals surface area contributed by atoms with E-state index in [1.54, 1.807) is 0 Å². The fourth-order valence-electron chi connectivity index (χ4n) is 7.78. The molecule has 6 rings (SSSR count). The summed E-state index contributed by atoms with van der Waals surface area (Å²) in [6.45, 7) is 8.27. The third-order valence-corrected chi connectivity index (χ3v) is 10.5. The van der Waals surface area contributed by atoms with Crippen LogP contribution in [0.3, 0.4) is 0 Å². The number of fused-ring (bicyclic) bond motifs is 3. The number of esters is 1. The minimum Gasteiger partial charge on any atom is -0.459 e. The van der Waals surface area contributed by atoms with Gasteiger partial charge < -0.3 is 20.1 Å². The van der Waals surface area contributed by atoms with E-state index < -0.39 is 29.2 Å². The van der Waals surface area contributed by atoms with Crippen LogP contribution in [0.4, 0.5) is 4.79 Å². The van der Waals surface area contributed by atoms with Gasteiger partial charge >= 0.3 is 12.1 Å². The molecule has 0 spiro atoms. The van der Waals surface area contributed by atoms with E-state index >= 15 is 0 Å². The zero-order valence-electron chi connectivity index (χ0n) is 33.5. The highest BCUT2D eigenvalue weighted by molar-refractivity contribution is 5.80. The van der Waals surface area contributed by atoms with Crippen molar-refractivity contribution in [2.45, 2.75) is 88.9 Å². The lowest BCUT2D eigenvalue weighted by molar-refractivity contribution is -0.158. The molecule has 0 radical (unpaired) electrons. The van der Waals surface area contributed by atoms with E-state index in [1.165, 1.54) is 22.3 Å². The zero-order chi connectivity index (χ0) is 40.3. The highest BCUT2D eigenvalue weighted by atomic mass is 16.6. The molecule has 5 aromatic carbocycles. The number of alkyl carbamates (subject to hydrolysis) is 1. The van der Waals surface area contributed by atoms with Gasteiger partial charge in [0.15, 0.2) is 0 Å². The first-order chi connectivity index (χ1) is 27.5. The molecule has 0 saturated heterocycles. The number of carbonyl (C=O) groups is 3. The van der Waals surface area contributed by atoms with Crippen molar-refractivity contribution >= 4 is 18.0 Å². The molecule has 8 heteroatoms. The second-order valence-corrected chi connectivity index (χ2v) is 15.8. The smallest absolute Gasteiger partial charge is 0.407 e. The van der Waals surface area contributed by atoms with Crippen LogP contribution in [0, 0.1) is 0 Å². The van der Waals surface area contributed by atoms with Crippen molar-refractivity contribution in [3.63, 3.8) is 0 Å². The maximum atomic E-state index is 13.9. The Labute approximate surface area is 337 Å². The van der Waals surface area contributed by atoms with Crippen LogP contribution in [0.1, 0.15) is 93.5 Å². The van der Waals surface area contributed by atoms with Crippen molar-refractivity contribution < 1.29 is 23.9 Å². The topological polar surface area (TPSA) is 106 Å². The largest absolute Gasteiger partial charge is 0.459 e. The maximum absolute atomic E-state index is 13.9. The fraction of sp³-hybridized carbons (Fsp3) is 0.327. The fourth-order valence-corrected chi connectivity index (χ4v) is 7.78. The average molecular weight is 766 g/mol. The lowest BCUT2D eigenvalue weighted by atomic mass is 9.76. The first-order valence-corrected chi connectivity index (χ1v) is 20.1. The zero-order valence-corrected chi connectivity index (χ0v) is 33.5. The van der Waals surface area contributed by atoms with Gasteiger partial charge in [0.1, 0.15) is 18.2 Å². The SMILES string of the molecule is CC(CCCCNC(=O)CCC(NC(c1ccccc1)(c1ccccc1)c1ccccc1)C(=O)OC(C)(C)C)NC(=O)OCC1c2ccccc2-c2ccccc21. The first kappa shape index (κ1) is 40.9. The van der Waals surface area contributed by atoms with E-state index in [9.17, 15) is 14.4 Å². The Morgan fingerprint density at radius 2 is 1.14 bits per heavy atom. The van der Waals surface area contributed by atoms with Gasteiger partial charge in [-0.3, -0.25) is 14.9 Å². The Morgan fingerprint density at radius 3 is 1.65 bits per heavy atom. The summed E-state index contributed by atoms with van der Waals surface area (Å²) in [6, 6.07) is 45.9. The van der Waals surface area contributed by atoms with Gasteiger partial charge in [-0.1, -0.05) is 140 Å². The van der Waals surface area contributed by atoms with Crippen molar-refractivity contribution in [1.29, 1.82) is 0 Å². The van der Waals surface area contributed by atoms with Gasteiger partial charge in [-0.2, -0.15) is 0 Å². The van der Waals surface area contributed by atoms with Gasteiger partial charge in [0, 0.05) is 24.9 Å². The summed E-state index contributed by atoms with van der Waals surface area (Å²) < 4.78 is 11.7. The summed E-state index contributed by atoms with van der Waals surface area (Å²) in [5.74, 6) is -0.545. The predicted molar refractivity (Wildman–Crippen MR) is 226 cm³/mol. The predicted octanol–water partition coefficient (Wildman–Crippen LogP) is 9.27. The second kappa shape index (κ2) is 18.9. The number of rotatable bonds is 17. The molecule has 57 heavy (non-hydrogen) atoms. The summed E-state index contributed by atoms with van der Waals surface area (Å²) in [4.78, 5) is 39.9. The number of ether oxygens (including phenoxy) is 2. The molecule has 1 aliphatic carbocycles. The van der Waals surface area contributed by atoms with Crippen LogP contribution in [0.2, 0.25) is 0 Å². The number of nitrogens with one attached hydrogen (secondary N) is 3. The van der Waals surface area contributed by atoms with E-state index in [-0.39, 0.29) is 37.3 Å². The molecule has 0 heterocycles. The molecule has 296 valence electrons. The molecule has 8 nitrogen and oxygen atoms in total. The summed E-state index contributed by atoms with van der Waals surface area (Å²) in [5, 5.41) is 9.73. The molecule has 2 amide bonds. The van der Waals surface area contributed by atoms with E-state index in [1.807, 2.05) is 107 Å². The Morgan fingerprint density at radius 1 is 0.649 bits per heavy atom. The van der Waals surface area contributed by atoms with E-state index in [0.29, 0.717) is 6.54 Å². The highest BCUT2D eigenvalue weighted by Gasteiger charge is 2.41. The highest BCUT2D eigenvalue weighted by Crippen LogP contribution is 2.44. The molecule has 2 atom stereocenters. The summed E-state index contributed by atoms with van der Waals surface area (Å²) >= 11 is 0. The van der Waals surface area contributed by atoms with Crippen LogP contribution >= 0.6 is 0 Å².